The van der Waals surface area contributed by atoms with E-state index in [1.54, 1.807) is 24.0 Å². The van der Waals surface area contributed by atoms with Gasteiger partial charge in [0.05, 0.1) is 12.1 Å². The fraction of sp³-hybridized carbons (Fsp3) is 0.185. The van der Waals surface area contributed by atoms with E-state index in [0.717, 1.165) is 15.6 Å². The summed E-state index contributed by atoms with van der Waals surface area (Å²) in [6.07, 6.45) is 0.0626. The Morgan fingerprint density at radius 3 is 2.45 bits per heavy atom. The highest BCUT2D eigenvalue weighted by Crippen LogP contribution is 2.38. The molecule has 168 valence electrons. The average molecular weight is 508 g/mol. The summed E-state index contributed by atoms with van der Waals surface area (Å²) in [4.78, 5) is 28.0. The summed E-state index contributed by atoms with van der Waals surface area (Å²) in [6, 6.07) is 23.1. The van der Waals surface area contributed by atoms with Crippen LogP contribution in [-0.2, 0) is 27.5 Å². The van der Waals surface area contributed by atoms with Gasteiger partial charge in [-0.05, 0) is 47.9 Å². The van der Waals surface area contributed by atoms with Crippen LogP contribution in [-0.4, -0.2) is 16.8 Å². The fourth-order valence-electron chi connectivity index (χ4n) is 4.05. The Morgan fingerprint density at radius 1 is 1.03 bits per heavy atom. The van der Waals surface area contributed by atoms with E-state index in [2.05, 4.69) is 15.9 Å². The van der Waals surface area contributed by atoms with Crippen molar-refractivity contribution in [1.29, 1.82) is 0 Å². The highest BCUT2D eigenvalue weighted by atomic mass is 79.9. The van der Waals surface area contributed by atoms with Gasteiger partial charge in [0.2, 0.25) is 5.91 Å². The van der Waals surface area contributed by atoms with Crippen molar-refractivity contribution in [3.63, 3.8) is 0 Å². The lowest BCUT2D eigenvalue weighted by Crippen LogP contribution is -2.38. The number of hydrogen-bond donors (Lipinski definition) is 0. The van der Waals surface area contributed by atoms with E-state index < -0.39 is 17.7 Å². The molecule has 0 aliphatic carbocycles. The van der Waals surface area contributed by atoms with Crippen molar-refractivity contribution >= 4 is 27.8 Å². The standard InChI is InChI=1S/C27H23BrFNO3/c1-18-26(27(32)33-17-20-6-3-2-4-7-20)24(21-8-5-9-23(29)14-21)15-25(31)30(18)16-19-10-12-22(28)13-11-19/h2-14,24H,15-17H2,1H3. The van der Waals surface area contributed by atoms with Crippen LogP contribution in [0.3, 0.4) is 0 Å². The predicted octanol–water partition coefficient (Wildman–Crippen LogP) is 6.12. The first kappa shape index (κ1) is 22.9. The minimum absolute atomic E-state index is 0.0626. The zero-order valence-electron chi connectivity index (χ0n) is 18.1. The number of rotatable bonds is 6. The van der Waals surface area contributed by atoms with Crippen LogP contribution in [0.1, 0.15) is 36.0 Å². The van der Waals surface area contributed by atoms with E-state index in [-0.39, 0.29) is 18.9 Å². The lowest BCUT2D eigenvalue weighted by atomic mass is 9.83. The maximum Gasteiger partial charge on any atom is 0.336 e. The molecule has 0 bridgehead atoms. The zero-order valence-corrected chi connectivity index (χ0v) is 19.7. The van der Waals surface area contributed by atoms with E-state index in [4.69, 9.17) is 4.74 Å². The minimum Gasteiger partial charge on any atom is -0.457 e. The number of carbonyl (C=O) groups is 2. The maximum absolute atomic E-state index is 14.0. The quantitative estimate of drug-likeness (QED) is 0.377. The second-order valence-corrected chi connectivity index (χ2v) is 8.89. The van der Waals surface area contributed by atoms with Crippen LogP contribution in [0.4, 0.5) is 4.39 Å². The SMILES string of the molecule is CC1=C(C(=O)OCc2ccccc2)C(c2cccc(F)c2)CC(=O)N1Cc1ccc(Br)cc1. The Hall–Kier alpha value is -3.25. The summed E-state index contributed by atoms with van der Waals surface area (Å²) in [7, 11) is 0. The first-order chi connectivity index (χ1) is 15.9. The van der Waals surface area contributed by atoms with Gasteiger partial charge in [0.15, 0.2) is 0 Å². The lowest BCUT2D eigenvalue weighted by Gasteiger charge is -2.34. The molecule has 33 heavy (non-hydrogen) atoms. The van der Waals surface area contributed by atoms with E-state index in [1.165, 1.54) is 12.1 Å². The first-order valence-corrected chi connectivity index (χ1v) is 11.4. The van der Waals surface area contributed by atoms with Gasteiger partial charge in [0.1, 0.15) is 12.4 Å². The molecule has 1 heterocycles. The number of amides is 1. The van der Waals surface area contributed by atoms with Gasteiger partial charge in [-0.25, -0.2) is 9.18 Å². The lowest BCUT2D eigenvalue weighted by molar-refractivity contribution is -0.141. The molecular weight excluding hydrogens is 485 g/mol. The number of nitrogens with zero attached hydrogens (tertiary/aromatic N) is 1. The smallest absolute Gasteiger partial charge is 0.336 e. The van der Waals surface area contributed by atoms with Crippen LogP contribution in [0.25, 0.3) is 0 Å². The van der Waals surface area contributed by atoms with Gasteiger partial charge in [0.25, 0.3) is 0 Å². The molecule has 4 rings (SSSR count). The molecule has 4 nitrogen and oxygen atoms in total. The Bertz CT molecular complexity index is 1190. The fourth-order valence-corrected chi connectivity index (χ4v) is 4.31. The van der Waals surface area contributed by atoms with Crippen LogP contribution in [0.2, 0.25) is 0 Å². The average Bonchev–Trinajstić information content (AvgIpc) is 2.82. The Balaban J connectivity index is 1.68. The van der Waals surface area contributed by atoms with E-state index in [1.807, 2.05) is 54.6 Å². The summed E-state index contributed by atoms with van der Waals surface area (Å²) in [5, 5.41) is 0. The summed E-state index contributed by atoms with van der Waals surface area (Å²) in [5.74, 6) is -1.60. The molecule has 1 unspecified atom stereocenters. The third kappa shape index (κ3) is 5.40. The highest BCUT2D eigenvalue weighted by Gasteiger charge is 2.37. The highest BCUT2D eigenvalue weighted by molar-refractivity contribution is 9.10. The van der Waals surface area contributed by atoms with Crippen molar-refractivity contribution in [2.45, 2.75) is 32.4 Å². The van der Waals surface area contributed by atoms with Crippen molar-refractivity contribution in [3.05, 3.63) is 117 Å². The predicted molar refractivity (Wildman–Crippen MR) is 127 cm³/mol. The molecule has 3 aromatic carbocycles. The van der Waals surface area contributed by atoms with Crippen molar-refractivity contribution in [3.8, 4) is 0 Å². The van der Waals surface area contributed by atoms with E-state index >= 15 is 0 Å². The molecule has 0 radical (unpaired) electrons. The number of halogens is 2. The maximum atomic E-state index is 14.0. The van der Waals surface area contributed by atoms with Gasteiger partial charge in [-0.1, -0.05) is 70.5 Å². The molecule has 6 heteroatoms. The van der Waals surface area contributed by atoms with Crippen LogP contribution in [0.15, 0.2) is 94.6 Å². The molecule has 0 saturated carbocycles. The number of ether oxygens (including phenoxy) is 1. The van der Waals surface area contributed by atoms with Crippen molar-refractivity contribution in [2.24, 2.45) is 0 Å². The molecule has 0 N–H and O–H groups in total. The monoisotopic (exact) mass is 507 g/mol. The topological polar surface area (TPSA) is 46.6 Å². The molecule has 0 saturated heterocycles. The summed E-state index contributed by atoms with van der Waals surface area (Å²) in [5.41, 5.74) is 3.30. The molecular formula is C27H23BrFNO3. The zero-order chi connectivity index (χ0) is 23.4. The van der Waals surface area contributed by atoms with Gasteiger partial charge in [0, 0.05) is 22.5 Å². The molecule has 0 fully saturated rings. The molecule has 3 aromatic rings. The van der Waals surface area contributed by atoms with Gasteiger partial charge < -0.3 is 9.64 Å². The number of benzene rings is 3. The molecule has 1 amide bonds. The number of carbonyl (C=O) groups excluding carboxylic acids is 2. The number of hydrogen-bond acceptors (Lipinski definition) is 3. The second kappa shape index (κ2) is 10.1. The van der Waals surface area contributed by atoms with Crippen molar-refractivity contribution < 1.29 is 18.7 Å². The Kier molecular flexibility index (Phi) is 7.04. The Morgan fingerprint density at radius 2 is 1.76 bits per heavy atom. The molecule has 1 atom stereocenters. The van der Waals surface area contributed by atoms with E-state index in [9.17, 15) is 14.0 Å². The second-order valence-electron chi connectivity index (χ2n) is 7.98. The number of esters is 1. The molecule has 1 aliphatic heterocycles. The van der Waals surface area contributed by atoms with Crippen LogP contribution < -0.4 is 0 Å². The first-order valence-electron chi connectivity index (χ1n) is 10.6. The minimum atomic E-state index is -0.572. The van der Waals surface area contributed by atoms with Gasteiger partial charge in [-0.15, -0.1) is 0 Å². The number of allylic oxidation sites excluding steroid dienone is 1. The van der Waals surface area contributed by atoms with Gasteiger partial charge in [-0.3, -0.25) is 4.79 Å². The normalized spacial score (nSPS) is 16.2. The third-order valence-electron chi connectivity index (χ3n) is 5.76. The summed E-state index contributed by atoms with van der Waals surface area (Å²) in [6.45, 7) is 2.21. The molecule has 0 aromatic heterocycles. The van der Waals surface area contributed by atoms with Crippen molar-refractivity contribution in [1.82, 2.24) is 4.90 Å². The largest absolute Gasteiger partial charge is 0.457 e. The molecule has 0 spiro atoms. The molecule has 1 aliphatic rings. The van der Waals surface area contributed by atoms with Crippen LogP contribution in [0.5, 0.6) is 0 Å². The van der Waals surface area contributed by atoms with Gasteiger partial charge >= 0.3 is 5.97 Å². The van der Waals surface area contributed by atoms with Gasteiger partial charge in [-0.2, -0.15) is 0 Å². The van der Waals surface area contributed by atoms with E-state index in [0.29, 0.717) is 23.4 Å². The Labute approximate surface area is 200 Å². The van der Waals surface area contributed by atoms with Crippen LogP contribution >= 0.6 is 15.9 Å². The summed E-state index contributed by atoms with van der Waals surface area (Å²) < 4.78 is 20.6. The van der Waals surface area contributed by atoms with Crippen LogP contribution in [0, 0.1) is 5.82 Å². The summed E-state index contributed by atoms with van der Waals surface area (Å²) >= 11 is 3.42. The van der Waals surface area contributed by atoms with Crippen molar-refractivity contribution in [2.75, 3.05) is 0 Å². The third-order valence-corrected chi connectivity index (χ3v) is 6.29.